The lowest BCUT2D eigenvalue weighted by Crippen LogP contribution is -2.32. The number of aliphatic hydroxyl groups is 1. The van der Waals surface area contributed by atoms with Gasteiger partial charge < -0.3 is 15.6 Å². The van der Waals surface area contributed by atoms with Crippen LogP contribution in [0.25, 0.3) is 11.1 Å². The minimum absolute atomic E-state index is 0.360. The number of aromatic nitrogens is 2. The fraction of sp³-hybridized carbons (Fsp3) is 0.360. The van der Waals surface area contributed by atoms with Gasteiger partial charge in [0.15, 0.2) is 0 Å². The zero-order valence-corrected chi connectivity index (χ0v) is 18.1. The van der Waals surface area contributed by atoms with Gasteiger partial charge in [0, 0.05) is 49.1 Å². The van der Waals surface area contributed by atoms with Gasteiger partial charge in [0.2, 0.25) is 0 Å². The van der Waals surface area contributed by atoms with Crippen LogP contribution in [0.4, 0.5) is 4.39 Å². The van der Waals surface area contributed by atoms with E-state index >= 15 is 0 Å². The highest BCUT2D eigenvalue weighted by Crippen LogP contribution is 2.39. The van der Waals surface area contributed by atoms with E-state index in [2.05, 4.69) is 27.0 Å². The van der Waals surface area contributed by atoms with Crippen molar-refractivity contribution in [1.29, 1.82) is 0 Å². The molecular weight excluding hydrogens is 407 g/mol. The van der Waals surface area contributed by atoms with Crippen LogP contribution in [-0.2, 0) is 19.5 Å². The summed E-state index contributed by atoms with van der Waals surface area (Å²) in [5.41, 5.74) is 12.2. The smallest absolute Gasteiger partial charge is 0.145 e. The van der Waals surface area contributed by atoms with E-state index in [1.54, 1.807) is 12.1 Å². The third-order valence-electron chi connectivity index (χ3n) is 6.29. The molecule has 0 radical (unpaired) electrons. The molecule has 1 aromatic carbocycles. The Labute approximate surface area is 186 Å². The molecule has 2 aliphatic rings. The number of aliphatic hydroxyl groups excluding tert-OH is 1. The maximum atomic E-state index is 13.8. The van der Waals surface area contributed by atoms with Crippen LogP contribution in [0.2, 0.25) is 0 Å². The zero-order valence-electron chi connectivity index (χ0n) is 18.1. The van der Waals surface area contributed by atoms with Gasteiger partial charge in [-0.3, -0.25) is 14.9 Å². The Hall–Kier alpha value is -2.87. The summed E-state index contributed by atoms with van der Waals surface area (Å²) >= 11 is 0. The Balaban J connectivity index is 1.47. The summed E-state index contributed by atoms with van der Waals surface area (Å²) in [7, 11) is 1.52. The first-order valence-electron chi connectivity index (χ1n) is 11.0. The number of hydrogen-bond acceptors (Lipinski definition) is 6. The predicted octanol–water partition coefficient (Wildman–Crippen LogP) is 3.68. The lowest BCUT2D eigenvalue weighted by atomic mass is 9.92. The normalized spacial score (nSPS) is 17.1. The molecule has 1 unspecified atom stereocenters. The first-order valence-corrected chi connectivity index (χ1v) is 11.0. The number of benzene rings is 1. The zero-order chi connectivity index (χ0) is 22.2. The van der Waals surface area contributed by atoms with E-state index in [0.29, 0.717) is 23.9 Å². The lowest BCUT2D eigenvalue weighted by Gasteiger charge is -2.30. The molecule has 3 heterocycles. The summed E-state index contributed by atoms with van der Waals surface area (Å²) in [5, 5.41) is 10.1. The van der Waals surface area contributed by atoms with Gasteiger partial charge in [-0.25, -0.2) is 4.39 Å². The molecule has 1 aliphatic carbocycles. The molecule has 0 amide bonds. The van der Waals surface area contributed by atoms with Crippen molar-refractivity contribution in [2.24, 2.45) is 5.73 Å². The minimum atomic E-state index is -1.19. The molecule has 1 aliphatic heterocycles. The average molecular weight is 435 g/mol. The lowest BCUT2D eigenvalue weighted by molar-refractivity contribution is 0.179. The third-order valence-corrected chi connectivity index (χ3v) is 6.29. The van der Waals surface area contributed by atoms with Gasteiger partial charge in [0.05, 0.1) is 18.5 Å². The fourth-order valence-corrected chi connectivity index (χ4v) is 4.48. The summed E-state index contributed by atoms with van der Waals surface area (Å²) in [6, 6.07) is 10.6. The molecule has 0 bridgehead atoms. The molecular formula is C25H27FN4O2. The van der Waals surface area contributed by atoms with Crippen molar-refractivity contribution in [3.63, 3.8) is 0 Å². The molecule has 1 saturated carbocycles. The maximum absolute atomic E-state index is 13.8. The summed E-state index contributed by atoms with van der Waals surface area (Å²) in [6.07, 6.45) is 3.97. The van der Waals surface area contributed by atoms with E-state index in [1.807, 2.05) is 6.20 Å². The van der Waals surface area contributed by atoms with E-state index in [9.17, 15) is 9.50 Å². The summed E-state index contributed by atoms with van der Waals surface area (Å²) in [4.78, 5) is 11.5. The topological polar surface area (TPSA) is 84.5 Å². The third kappa shape index (κ3) is 4.24. The van der Waals surface area contributed by atoms with Crippen LogP contribution in [0.3, 0.4) is 0 Å². The number of pyridine rings is 2. The highest BCUT2D eigenvalue weighted by molar-refractivity contribution is 5.74. The number of hydrogen-bond donors (Lipinski definition) is 2. The molecule has 5 rings (SSSR count). The monoisotopic (exact) mass is 434 g/mol. The quantitative estimate of drug-likeness (QED) is 0.576. The summed E-state index contributed by atoms with van der Waals surface area (Å²) in [5.74, 6) is 0.713. The SMILES string of the molecule is COc1cc(F)ccc1-c1cc(C(N)O)nc2c1CCN(Cc1ccnc(C3CC3)c1)C2. The van der Waals surface area contributed by atoms with E-state index in [4.69, 9.17) is 10.5 Å². The van der Waals surface area contributed by atoms with Gasteiger partial charge in [-0.1, -0.05) is 0 Å². The van der Waals surface area contributed by atoms with Crippen LogP contribution >= 0.6 is 0 Å². The molecule has 1 atom stereocenters. The maximum Gasteiger partial charge on any atom is 0.145 e. The molecule has 7 heteroatoms. The van der Waals surface area contributed by atoms with Crippen molar-refractivity contribution in [3.05, 3.63) is 76.6 Å². The first kappa shape index (κ1) is 21.0. The van der Waals surface area contributed by atoms with Crippen LogP contribution in [-0.4, -0.2) is 33.6 Å². The van der Waals surface area contributed by atoms with Crippen LogP contribution in [0.1, 0.15) is 53.2 Å². The van der Waals surface area contributed by atoms with E-state index in [0.717, 1.165) is 41.9 Å². The second-order valence-corrected chi connectivity index (χ2v) is 8.63. The Morgan fingerprint density at radius 3 is 2.81 bits per heavy atom. The van der Waals surface area contributed by atoms with E-state index in [-0.39, 0.29) is 5.82 Å². The number of ether oxygens (including phenoxy) is 1. The highest BCUT2D eigenvalue weighted by atomic mass is 19.1. The average Bonchev–Trinajstić information content (AvgIpc) is 3.64. The van der Waals surface area contributed by atoms with Crippen molar-refractivity contribution in [2.45, 2.75) is 44.5 Å². The Morgan fingerprint density at radius 1 is 1.22 bits per heavy atom. The second-order valence-electron chi connectivity index (χ2n) is 8.63. The number of nitrogens with two attached hydrogens (primary N) is 1. The number of fused-ring (bicyclic) bond motifs is 1. The van der Waals surface area contributed by atoms with Crippen LogP contribution in [0.5, 0.6) is 5.75 Å². The highest BCUT2D eigenvalue weighted by Gasteiger charge is 2.27. The Bertz CT molecular complexity index is 1150. The van der Waals surface area contributed by atoms with Gasteiger partial charge in [0.25, 0.3) is 0 Å². The van der Waals surface area contributed by atoms with Crippen molar-refractivity contribution >= 4 is 0 Å². The molecule has 166 valence electrons. The van der Waals surface area contributed by atoms with Gasteiger partial charge in [-0.2, -0.15) is 0 Å². The fourth-order valence-electron chi connectivity index (χ4n) is 4.48. The van der Waals surface area contributed by atoms with Crippen molar-refractivity contribution < 1.29 is 14.2 Å². The second kappa shape index (κ2) is 8.58. The van der Waals surface area contributed by atoms with Crippen LogP contribution in [0.15, 0.2) is 42.6 Å². The summed E-state index contributed by atoms with van der Waals surface area (Å²) < 4.78 is 19.2. The molecule has 6 nitrogen and oxygen atoms in total. The van der Waals surface area contributed by atoms with Gasteiger partial charge in [0.1, 0.15) is 17.8 Å². The van der Waals surface area contributed by atoms with Crippen molar-refractivity contribution in [1.82, 2.24) is 14.9 Å². The molecule has 32 heavy (non-hydrogen) atoms. The summed E-state index contributed by atoms with van der Waals surface area (Å²) in [6.45, 7) is 2.33. The van der Waals surface area contributed by atoms with Crippen LogP contribution < -0.4 is 10.5 Å². The van der Waals surface area contributed by atoms with Crippen molar-refractivity contribution in [3.8, 4) is 16.9 Å². The van der Waals surface area contributed by atoms with Gasteiger partial charge in [-0.05, 0) is 66.3 Å². The minimum Gasteiger partial charge on any atom is -0.496 e. The number of methoxy groups -OCH3 is 1. The van der Waals surface area contributed by atoms with E-state index in [1.165, 1.54) is 43.3 Å². The Kier molecular flexibility index (Phi) is 5.63. The molecule has 0 saturated heterocycles. The van der Waals surface area contributed by atoms with Gasteiger partial charge in [-0.15, -0.1) is 0 Å². The molecule has 3 N–H and O–H groups in total. The van der Waals surface area contributed by atoms with Gasteiger partial charge >= 0.3 is 0 Å². The standard InChI is InChI=1S/C25H27FN4O2/c1-32-24-11-17(26)4-5-19(24)20-12-22(25(27)31)29-23-14-30(9-7-18(20)23)13-15-6-8-28-21(10-15)16-2-3-16/h4-6,8,10-12,16,25,31H,2-3,7,9,13-14,27H2,1H3. The number of nitrogens with zero attached hydrogens (tertiary/aromatic N) is 3. The number of rotatable bonds is 6. The van der Waals surface area contributed by atoms with Crippen molar-refractivity contribution in [2.75, 3.05) is 13.7 Å². The van der Waals surface area contributed by atoms with E-state index < -0.39 is 6.23 Å². The Morgan fingerprint density at radius 2 is 2.06 bits per heavy atom. The predicted molar refractivity (Wildman–Crippen MR) is 119 cm³/mol. The molecule has 3 aromatic rings. The largest absolute Gasteiger partial charge is 0.496 e. The molecule has 2 aromatic heterocycles. The first-order chi connectivity index (χ1) is 15.5. The number of halogens is 1. The molecule has 1 fully saturated rings. The molecule has 0 spiro atoms. The van der Waals surface area contributed by atoms with Crippen LogP contribution in [0, 0.1) is 5.82 Å².